The van der Waals surface area contributed by atoms with E-state index in [1.165, 1.54) is 0 Å². The first-order valence-electron chi connectivity index (χ1n) is 7.58. The van der Waals surface area contributed by atoms with Gasteiger partial charge in [-0.1, -0.05) is 12.1 Å². The summed E-state index contributed by atoms with van der Waals surface area (Å²) < 4.78 is 1.76. The maximum absolute atomic E-state index is 12.5. The van der Waals surface area contributed by atoms with Crippen LogP contribution in [0.1, 0.15) is 25.6 Å². The molecule has 2 heterocycles. The number of aliphatic hydroxyl groups excluding tert-OH is 1. The van der Waals surface area contributed by atoms with Crippen LogP contribution in [-0.2, 0) is 13.1 Å². The van der Waals surface area contributed by atoms with E-state index in [1.807, 2.05) is 31.2 Å². The lowest BCUT2D eigenvalue weighted by Gasteiger charge is -2.29. The standard InChI is InChI=1S/C16H21N3O2.ClH/c1-2-19-15(11-18-9-7-12(20)8-10-18)17-14-6-4-3-5-13(14)16(19)21;/h3-6,12,20H,2,7-11H2,1H3;1H. The molecule has 1 aliphatic heterocycles. The predicted molar refractivity (Wildman–Crippen MR) is 89.4 cm³/mol. The van der Waals surface area contributed by atoms with E-state index in [9.17, 15) is 9.90 Å². The summed E-state index contributed by atoms with van der Waals surface area (Å²) >= 11 is 0. The van der Waals surface area contributed by atoms with Crippen molar-refractivity contribution in [1.82, 2.24) is 14.5 Å². The highest BCUT2D eigenvalue weighted by atomic mass is 35.5. The number of halogens is 1. The molecule has 0 saturated carbocycles. The van der Waals surface area contributed by atoms with Gasteiger partial charge in [-0.15, -0.1) is 12.4 Å². The van der Waals surface area contributed by atoms with E-state index in [0.29, 0.717) is 18.5 Å². The number of para-hydroxylation sites is 1. The minimum absolute atomic E-state index is 0. The van der Waals surface area contributed by atoms with Gasteiger partial charge in [-0.25, -0.2) is 4.98 Å². The van der Waals surface area contributed by atoms with E-state index in [1.54, 1.807) is 4.57 Å². The van der Waals surface area contributed by atoms with E-state index in [2.05, 4.69) is 9.88 Å². The number of nitrogens with zero attached hydrogens (tertiary/aromatic N) is 3. The molecule has 1 saturated heterocycles. The number of fused-ring (bicyclic) bond motifs is 1. The molecule has 22 heavy (non-hydrogen) atoms. The van der Waals surface area contributed by atoms with Crippen molar-refractivity contribution in [1.29, 1.82) is 0 Å². The fourth-order valence-corrected chi connectivity index (χ4v) is 2.94. The molecule has 1 aliphatic rings. The Hall–Kier alpha value is -1.43. The largest absolute Gasteiger partial charge is 0.393 e. The molecule has 120 valence electrons. The second-order valence-corrected chi connectivity index (χ2v) is 5.60. The van der Waals surface area contributed by atoms with Gasteiger partial charge in [0.2, 0.25) is 0 Å². The lowest BCUT2D eigenvalue weighted by Crippen LogP contribution is -2.37. The number of likely N-dealkylation sites (tertiary alicyclic amines) is 1. The van der Waals surface area contributed by atoms with Gasteiger partial charge in [0.05, 0.1) is 23.6 Å². The number of benzene rings is 1. The third kappa shape index (κ3) is 3.32. The van der Waals surface area contributed by atoms with Gasteiger partial charge >= 0.3 is 0 Å². The third-order valence-corrected chi connectivity index (χ3v) is 4.18. The monoisotopic (exact) mass is 323 g/mol. The summed E-state index contributed by atoms with van der Waals surface area (Å²) in [6.45, 7) is 4.98. The van der Waals surface area contributed by atoms with Crippen LogP contribution in [0.25, 0.3) is 10.9 Å². The van der Waals surface area contributed by atoms with E-state index < -0.39 is 0 Å². The normalized spacial score (nSPS) is 16.6. The summed E-state index contributed by atoms with van der Waals surface area (Å²) in [6.07, 6.45) is 1.41. The second kappa shape index (κ2) is 7.22. The SMILES string of the molecule is CCn1c(CN2CCC(O)CC2)nc2ccccc2c1=O.Cl. The number of rotatable bonds is 3. The highest BCUT2D eigenvalue weighted by Gasteiger charge is 2.19. The lowest BCUT2D eigenvalue weighted by atomic mass is 10.1. The fraction of sp³-hybridized carbons (Fsp3) is 0.500. The molecule has 1 fully saturated rings. The van der Waals surface area contributed by atoms with E-state index in [0.717, 1.165) is 37.3 Å². The Labute approximate surface area is 136 Å². The Morgan fingerprint density at radius 3 is 2.64 bits per heavy atom. The van der Waals surface area contributed by atoms with Crippen molar-refractivity contribution in [3.05, 3.63) is 40.4 Å². The molecule has 0 atom stereocenters. The Morgan fingerprint density at radius 2 is 1.95 bits per heavy atom. The van der Waals surface area contributed by atoms with Crippen molar-refractivity contribution < 1.29 is 5.11 Å². The number of hydrogen-bond donors (Lipinski definition) is 1. The first kappa shape index (κ1) is 16.9. The Bertz CT molecular complexity index is 693. The van der Waals surface area contributed by atoms with Crippen molar-refractivity contribution >= 4 is 23.3 Å². The second-order valence-electron chi connectivity index (χ2n) is 5.60. The maximum atomic E-state index is 12.5. The third-order valence-electron chi connectivity index (χ3n) is 4.18. The summed E-state index contributed by atoms with van der Waals surface area (Å²) in [7, 11) is 0. The predicted octanol–water partition coefficient (Wildman–Crippen LogP) is 1.79. The number of hydrogen-bond acceptors (Lipinski definition) is 4. The van der Waals surface area contributed by atoms with Crippen LogP contribution in [0.3, 0.4) is 0 Å². The van der Waals surface area contributed by atoms with Crippen LogP contribution in [-0.4, -0.2) is 38.8 Å². The van der Waals surface area contributed by atoms with E-state index in [-0.39, 0.29) is 24.1 Å². The summed E-state index contributed by atoms with van der Waals surface area (Å²) in [5, 5.41) is 10.3. The highest BCUT2D eigenvalue weighted by molar-refractivity contribution is 5.85. The lowest BCUT2D eigenvalue weighted by molar-refractivity contribution is 0.0773. The molecule has 1 N–H and O–H groups in total. The molecular formula is C16H22ClN3O2. The first-order valence-corrected chi connectivity index (χ1v) is 7.58. The van der Waals surface area contributed by atoms with Gasteiger partial charge in [0.1, 0.15) is 5.82 Å². The van der Waals surface area contributed by atoms with Crippen LogP contribution >= 0.6 is 12.4 Å². The van der Waals surface area contributed by atoms with Gasteiger partial charge < -0.3 is 5.11 Å². The summed E-state index contributed by atoms with van der Waals surface area (Å²) in [6, 6.07) is 7.50. The maximum Gasteiger partial charge on any atom is 0.261 e. The van der Waals surface area contributed by atoms with Gasteiger partial charge in [0, 0.05) is 19.6 Å². The highest BCUT2D eigenvalue weighted by Crippen LogP contribution is 2.14. The molecule has 6 heteroatoms. The molecule has 0 radical (unpaired) electrons. The smallest absolute Gasteiger partial charge is 0.261 e. The zero-order valence-electron chi connectivity index (χ0n) is 12.7. The average molecular weight is 324 g/mol. The van der Waals surface area contributed by atoms with Crippen LogP contribution in [0.2, 0.25) is 0 Å². The Kier molecular flexibility index (Phi) is 5.56. The average Bonchev–Trinajstić information content (AvgIpc) is 2.50. The number of aromatic nitrogens is 2. The molecule has 3 rings (SSSR count). The molecule has 0 amide bonds. The van der Waals surface area contributed by atoms with Crippen LogP contribution in [0, 0.1) is 0 Å². The van der Waals surface area contributed by atoms with Crippen molar-refractivity contribution in [2.24, 2.45) is 0 Å². The van der Waals surface area contributed by atoms with Crippen LogP contribution in [0.15, 0.2) is 29.1 Å². The van der Waals surface area contributed by atoms with Crippen LogP contribution in [0.4, 0.5) is 0 Å². The zero-order chi connectivity index (χ0) is 14.8. The molecule has 0 unspecified atom stereocenters. The minimum Gasteiger partial charge on any atom is -0.393 e. The molecule has 1 aromatic carbocycles. The number of aliphatic hydroxyl groups is 1. The molecule has 0 bridgehead atoms. The molecule has 0 aliphatic carbocycles. The van der Waals surface area contributed by atoms with Gasteiger partial charge in [0.15, 0.2) is 0 Å². The van der Waals surface area contributed by atoms with Gasteiger partial charge in [-0.2, -0.15) is 0 Å². The zero-order valence-corrected chi connectivity index (χ0v) is 13.6. The van der Waals surface area contributed by atoms with E-state index >= 15 is 0 Å². The van der Waals surface area contributed by atoms with Crippen LogP contribution < -0.4 is 5.56 Å². The van der Waals surface area contributed by atoms with Crippen molar-refractivity contribution in [2.75, 3.05) is 13.1 Å². The van der Waals surface area contributed by atoms with Gasteiger partial charge in [0.25, 0.3) is 5.56 Å². The Balaban J connectivity index is 0.00000176. The topological polar surface area (TPSA) is 58.4 Å². The summed E-state index contributed by atoms with van der Waals surface area (Å²) in [5.74, 6) is 0.817. The molecule has 5 nitrogen and oxygen atoms in total. The minimum atomic E-state index is -0.181. The molecule has 0 spiro atoms. The summed E-state index contributed by atoms with van der Waals surface area (Å²) in [4.78, 5) is 19.5. The number of piperidine rings is 1. The summed E-state index contributed by atoms with van der Waals surface area (Å²) in [5.41, 5.74) is 0.800. The fourth-order valence-electron chi connectivity index (χ4n) is 2.94. The van der Waals surface area contributed by atoms with Crippen LogP contribution in [0.5, 0.6) is 0 Å². The van der Waals surface area contributed by atoms with Gasteiger partial charge in [-0.05, 0) is 31.9 Å². The Morgan fingerprint density at radius 1 is 1.27 bits per heavy atom. The molecule has 2 aromatic rings. The van der Waals surface area contributed by atoms with Crippen molar-refractivity contribution in [2.45, 2.75) is 39.0 Å². The first-order chi connectivity index (χ1) is 10.2. The molecule has 1 aromatic heterocycles. The van der Waals surface area contributed by atoms with Gasteiger partial charge in [-0.3, -0.25) is 14.3 Å². The van der Waals surface area contributed by atoms with E-state index in [4.69, 9.17) is 0 Å². The van der Waals surface area contributed by atoms with Crippen molar-refractivity contribution in [3.8, 4) is 0 Å². The van der Waals surface area contributed by atoms with Crippen molar-refractivity contribution in [3.63, 3.8) is 0 Å². The quantitative estimate of drug-likeness (QED) is 0.935. The molecular weight excluding hydrogens is 302 g/mol.